The maximum absolute atomic E-state index is 13.0. The second-order valence-electron chi connectivity index (χ2n) is 5.14. The molecule has 21 heavy (non-hydrogen) atoms. The highest BCUT2D eigenvalue weighted by atomic mass is 79.9. The highest BCUT2D eigenvalue weighted by Crippen LogP contribution is 2.38. The van der Waals surface area contributed by atoms with Gasteiger partial charge in [-0.1, -0.05) is 24.4 Å². The van der Waals surface area contributed by atoms with Crippen molar-refractivity contribution in [3.63, 3.8) is 0 Å². The molecule has 1 aromatic rings. The average Bonchev–Trinajstić information content (AvgIpc) is 2.37. The number of halogens is 5. The number of benzene rings is 1. The minimum absolute atomic E-state index is 0.0657. The van der Waals surface area contributed by atoms with E-state index in [0.717, 1.165) is 0 Å². The van der Waals surface area contributed by atoms with Crippen LogP contribution in [0.5, 0.6) is 0 Å². The zero-order valence-electron chi connectivity index (χ0n) is 11.0. The molecular weight excluding hydrogens is 371 g/mol. The van der Waals surface area contributed by atoms with Crippen molar-refractivity contribution in [1.82, 2.24) is 5.32 Å². The Bertz CT molecular complexity index is 535. The minimum Gasteiger partial charge on any atom is -0.349 e. The Labute approximate surface area is 134 Å². The van der Waals surface area contributed by atoms with Crippen LogP contribution in [0.3, 0.4) is 0 Å². The molecule has 0 heterocycles. The normalized spacial score (nSPS) is 22.9. The van der Waals surface area contributed by atoms with Crippen LogP contribution in [0.15, 0.2) is 22.7 Å². The van der Waals surface area contributed by atoms with Crippen LogP contribution in [-0.2, 0) is 0 Å². The van der Waals surface area contributed by atoms with Gasteiger partial charge in [-0.25, -0.2) is 0 Å². The van der Waals surface area contributed by atoms with Crippen molar-refractivity contribution >= 4 is 33.4 Å². The van der Waals surface area contributed by atoms with E-state index in [4.69, 9.17) is 11.6 Å². The third-order valence-corrected chi connectivity index (χ3v) is 4.57. The Morgan fingerprint density at radius 2 is 1.95 bits per heavy atom. The van der Waals surface area contributed by atoms with Crippen LogP contribution in [-0.4, -0.2) is 18.1 Å². The van der Waals surface area contributed by atoms with Crippen molar-refractivity contribution < 1.29 is 18.0 Å². The van der Waals surface area contributed by atoms with Crippen molar-refractivity contribution in [2.75, 3.05) is 0 Å². The molecule has 1 saturated carbocycles. The number of rotatable bonds is 2. The van der Waals surface area contributed by atoms with Gasteiger partial charge in [0.15, 0.2) is 0 Å². The summed E-state index contributed by atoms with van der Waals surface area (Å²) in [7, 11) is 0. The van der Waals surface area contributed by atoms with E-state index in [-0.39, 0.29) is 12.0 Å². The van der Waals surface area contributed by atoms with Gasteiger partial charge in [-0.3, -0.25) is 4.79 Å². The van der Waals surface area contributed by atoms with Crippen molar-refractivity contribution in [2.45, 2.75) is 37.9 Å². The molecule has 1 aromatic carbocycles. The summed E-state index contributed by atoms with van der Waals surface area (Å²) in [5.41, 5.74) is 0.283. The molecule has 0 aliphatic heterocycles. The van der Waals surface area contributed by atoms with E-state index in [0.29, 0.717) is 28.8 Å². The molecule has 0 bridgehead atoms. The van der Waals surface area contributed by atoms with E-state index >= 15 is 0 Å². The van der Waals surface area contributed by atoms with Crippen molar-refractivity contribution in [2.24, 2.45) is 5.92 Å². The van der Waals surface area contributed by atoms with Crippen LogP contribution in [0, 0.1) is 5.92 Å². The molecule has 0 saturated heterocycles. The standard InChI is InChI=1S/C14H14BrClF3NO/c15-11-7-8(16)5-6-9(11)13(21)20-12-4-2-1-3-10(12)14(17,18)19/h5-7,10,12H,1-4H2,(H,20,21). The Morgan fingerprint density at radius 3 is 2.57 bits per heavy atom. The van der Waals surface area contributed by atoms with Crippen molar-refractivity contribution in [3.8, 4) is 0 Å². The lowest BCUT2D eigenvalue weighted by atomic mass is 9.84. The lowest BCUT2D eigenvalue weighted by molar-refractivity contribution is -0.187. The van der Waals surface area contributed by atoms with Gasteiger partial charge >= 0.3 is 6.18 Å². The summed E-state index contributed by atoms with van der Waals surface area (Å²) < 4.78 is 39.5. The second kappa shape index (κ2) is 6.57. The Morgan fingerprint density at radius 1 is 1.29 bits per heavy atom. The maximum atomic E-state index is 13.0. The first-order valence-electron chi connectivity index (χ1n) is 6.61. The molecular formula is C14H14BrClF3NO. The zero-order chi connectivity index (χ0) is 15.6. The number of alkyl halides is 3. The molecule has 1 aliphatic rings. The molecule has 2 rings (SSSR count). The van der Waals surface area contributed by atoms with Gasteiger partial charge in [0.1, 0.15) is 0 Å². The summed E-state index contributed by atoms with van der Waals surface area (Å²) >= 11 is 8.99. The number of hydrogen-bond acceptors (Lipinski definition) is 1. The summed E-state index contributed by atoms with van der Waals surface area (Å²) in [6.45, 7) is 0. The molecule has 1 fully saturated rings. The predicted octanol–water partition coefficient (Wildman–Crippen LogP) is 4.95. The second-order valence-corrected chi connectivity index (χ2v) is 6.43. The molecule has 1 aliphatic carbocycles. The van der Waals surface area contributed by atoms with E-state index in [1.807, 2.05) is 0 Å². The lowest BCUT2D eigenvalue weighted by Gasteiger charge is -2.33. The Hall–Kier alpha value is -0.750. The first-order chi connectivity index (χ1) is 9.79. The fraction of sp³-hybridized carbons (Fsp3) is 0.500. The van der Waals surface area contributed by atoms with E-state index < -0.39 is 24.0 Å². The van der Waals surface area contributed by atoms with E-state index in [1.54, 1.807) is 6.07 Å². The fourth-order valence-corrected chi connectivity index (χ4v) is 3.48. The van der Waals surface area contributed by atoms with Crippen molar-refractivity contribution in [3.05, 3.63) is 33.3 Å². The quantitative estimate of drug-likeness (QED) is 0.768. The molecule has 1 amide bonds. The molecule has 1 N–H and O–H groups in total. The third kappa shape index (κ3) is 4.13. The van der Waals surface area contributed by atoms with Crippen LogP contribution in [0.25, 0.3) is 0 Å². The fourth-order valence-electron chi connectivity index (χ4n) is 2.62. The van der Waals surface area contributed by atoms with Gasteiger partial charge in [0.05, 0.1) is 11.5 Å². The number of hydrogen-bond donors (Lipinski definition) is 1. The van der Waals surface area contributed by atoms with Gasteiger partial charge in [0.2, 0.25) is 0 Å². The summed E-state index contributed by atoms with van der Waals surface area (Å²) in [4.78, 5) is 12.2. The Balaban J connectivity index is 2.13. The van der Waals surface area contributed by atoms with E-state index in [1.165, 1.54) is 12.1 Å². The number of carbonyl (C=O) groups excluding carboxylic acids is 1. The molecule has 116 valence electrons. The van der Waals surface area contributed by atoms with Crippen molar-refractivity contribution in [1.29, 1.82) is 0 Å². The summed E-state index contributed by atoms with van der Waals surface area (Å²) in [5.74, 6) is -1.99. The number of nitrogens with one attached hydrogen (secondary N) is 1. The summed E-state index contributed by atoms with van der Waals surface area (Å²) in [5, 5.41) is 2.97. The van der Waals surface area contributed by atoms with Gasteiger partial charge < -0.3 is 5.32 Å². The largest absolute Gasteiger partial charge is 0.393 e. The first-order valence-corrected chi connectivity index (χ1v) is 7.79. The topological polar surface area (TPSA) is 29.1 Å². The van der Waals surface area contributed by atoms with Gasteiger partial charge in [-0.2, -0.15) is 13.2 Å². The SMILES string of the molecule is O=C(NC1CCCCC1C(F)(F)F)c1ccc(Cl)cc1Br. The lowest BCUT2D eigenvalue weighted by Crippen LogP contribution is -2.47. The van der Waals surface area contributed by atoms with Gasteiger partial charge in [-0.15, -0.1) is 0 Å². The van der Waals surface area contributed by atoms with Crippen LogP contribution in [0.1, 0.15) is 36.0 Å². The van der Waals surface area contributed by atoms with Crippen LogP contribution >= 0.6 is 27.5 Å². The Kier molecular flexibility index (Phi) is 5.20. The minimum atomic E-state index is -4.28. The zero-order valence-corrected chi connectivity index (χ0v) is 13.4. The van der Waals surface area contributed by atoms with Gasteiger partial charge in [0, 0.05) is 15.5 Å². The summed E-state index contributed by atoms with van der Waals surface area (Å²) in [6, 6.07) is 3.70. The van der Waals surface area contributed by atoms with Gasteiger partial charge in [-0.05, 0) is 47.0 Å². The summed E-state index contributed by atoms with van der Waals surface area (Å²) in [6.07, 6.45) is -2.63. The molecule has 2 atom stereocenters. The van der Waals surface area contributed by atoms with Gasteiger partial charge in [0.25, 0.3) is 5.91 Å². The molecule has 0 spiro atoms. The number of carbonyl (C=O) groups is 1. The highest BCUT2D eigenvalue weighted by molar-refractivity contribution is 9.10. The molecule has 0 radical (unpaired) electrons. The smallest absolute Gasteiger partial charge is 0.349 e. The van der Waals surface area contributed by atoms with E-state index in [9.17, 15) is 18.0 Å². The molecule has 0 aromatic heterocycles. The molecule has 2 nitrogen and oxygen atoms in total. The third-order valence-electron chi connectivity index (χ3n) is 3.68. The molecule has 7 heteroatoms. The van der Waals surface area contributed by atoms with Crippen LogP contribution < -0.4 is 5.32 Å². The maximum Gasteiger partial charge on any atom is 0.393 e. The highest BCUT2D eigenvalue weighted by Gasteiger charge is 2.46. The predicted molar refractivity (Wildman–Crippen MR) is 78.4 cm³/mol. The van der Waals surface area contributed by atoms with Crippen LogP contribution in [0.2, 0.25) is 5.02 Å². The average molecular weight is 385 g/mol. The number of amides is 1. The monoisotopic (exact) mass is 383 g/mol. The molecule has 2 unspecified atom stereocenters. The van der Waals surface area contributed by atoms with E-state index in [2.05, 4.69) is 21.2 Å². The van der Waals surface area contributed by atoms with Crippen LogP contribution in [0.4, 0.5) is 13.2 Å². The first kappa shape index (κ1) is 16.6.